The molecule has 1 aliphatic carbocycles. The van der Waals surface area contributed by atoms with E-state index < -0.39 is 28.2 Å². The van der Waals surface area contributed by atoms with Crippen LogP contribution in [-0.4, -0.2) is 46.8 Å². The third-order valence-corrected chi connectivity index (χ3v) is 6.57. The molecule has 3 aliphatic rings. The number of carbonyl (C=O) groups excluding carboxylic acids is 2. The molecule has 9 nitrogen and oxygen atoms in total. The number of hydrogen-bond acceptors (Lipinski definition) is 7. The van der Waals surface area contributed by atoms with E-state index in [1.165, 1.54) is 19.2 Å². The number of rotatable bonds is 4. The topological polar surface area (TPSA) is 122 Å². The predicted octanol–water partition coefficient (Wildman–Crippen LogP) is 3.15. The van der Waals surface area contributed by atoms with Crippen molar-refractivity contribution in [3.8, 4) is 11.5 Å². The van der Waals surface area contributed by atoms with Gasteiger partial charge in [-0.05, 0) is 43.7 Å². The molecular weight excluding hydrogens is 414 g/mol. The second-order valence-corrected chi connectivity index (χ2v) is 8.51. The van der Waals surface area contributed by atoms with E-state index in [0.29, 0.717) is 54.9 Å². The van der Waals surface area contributed by atoms with E-state index in [-0.39, 0.29) is 17.4 Å². The van der Waals surface area contributed by atoms with Gasteiger partial charge in [0, 0.05) is 48.5 Å². The first-order chi connectivity index (χ1) is 15.3. The number of hydrogen-bond donors (Lipinski definition) is 2. The summed E-state index contributed by atoms with van der Waals surface area (Å²) in [7, 11) is 1.30. The molecule has 1 saturated heterocycles. The van der Waals surface area contributed by atoms with Crippen LogP contribution in [0.15, 0.2) is 35.7 Å². The number of phenolic OH excluding ortho intramolecular Hbond substituents is 1. The van der Waals surface area contributed by atoms with E-state index in [4.69, 9.17) is 4.74 Å². The minimum absolute atomic E-state index is 0.0760. The first-order valence-electron chi connectivity index (χ1n) is 10.9. The number of piperidine rings is 1. The molecule has 9 heteroatoms. The van der Waals surface area contributed by atoms with Crippen LogP contribution in [0, 0.1) is 16.0 Å². The zero-order valence-corrected chi connectivity index (χ0v) is 18.1. The maximum absolute atomic E-state index is 13.6. The van der Waals surface area contributed by atoms with Crippen molar-refractivity contribution in [3.05, 3.63) is 51.4 Å². The number of Topliss-reactive ketones (excluding diaryl/α,β-unsaturated/α-hetero) is 1. The molecule has 1 amide bonds. The Morgan fingerprint density at radius 3 is 2.62 bits per heavy atom. The monoisotopic (exact) mass is 441 g/mol. The van der Waals surface area contributed by atoms with Gasteiger partial charge in [-0.2, -0.15) is 0 Å². The van der Waals surface area contributed by atoms with Crippen molar-refractivity contribution in [2.75, 3.05) is 20.2 Å². The molecular formula is C23H27N3O6. The number of ether oxygens (including phenoxy) is 1. The van der Waals surface area contributed by atoms with Crippen LogP contribution in [0.3, 0.4) is 0 Å². The molecule has 4 rings (SSSR count). The Morgan fingerprint density at radius 2 is 1.97 bits per heavy atom. The summed E-state index contributed by atoms with van der Waals surface area (Å²) in [5.74, 6) is -2.42. The van der Waals surface area contributed by atoms with E-state index in [1.807, 2.05) is 0 Å². The first kappa shape index (κ1) is 21.9. The molecule has 2 heterocycles. The highest BCUT2D eigenvalue weighted by molar-refractivity contribution is 6.00. The summed E-state index contributed by atoms with van der Waals surface area (Å²) in [6.45, 7) is 5.37. The zero-order valence-electron chi connectivity index (χ0n) is 18.1. The summed E-state index contributed by atoms with van der Waals surface area (Å²) in [6, 6.07) is 2.72. The highest BCUT2D eigenvalue weighted by Gasteiger charge is 2.45. The van der Waals surface area contributed by atoms with Gasteiger partial charge in [0.2, 0.25) is 11.7 Å². The standard InChI is InChI=1S/C23H27N3O6/c1-13-19(23(29)25-9-4-3-5-10-25)20(21-15(24-13)7-6-8-17(21)27)14-11-16(26(30)31)22(28)18(12-14)32-2/h11-12,19-20,24,28H,1,3-10H2,2H3. The van der Waals surface area contributed by atoms with Crippen LogP contribution in [0.4, 0.5) is 5.69 Å². The van der Waals surface area contributed by atoms with Gasteiger partial charge >= 0.3 is 5.69 Å². The van der Waals surface area contributed by atoms with Crippen LogP contribution in [0.5, 0.6) is 11.5 Å². The van der Waals surface area contributed by atoms with Crippen molar-refractivity contribution in [1.29, 1.82) is 0 Å². The van der Waals surface area contributed by atoms with Gasteiger partial charge in [-0.15, -0.1) is 0 Å². The summed E-state index contributed by atoms with van der Waals surface area (Å²) >= 11 is 0. The summed E-state index contributed by atoms with van der Waals surface area (Å²) in [5, 5.41) is 25.0. The molecule has 0 radical (unpaired) electrons. The minimum atomic E-state index is -0.789. The summed E-state index contributed by atoms with van der Waals surface area (Å²) in [5.41, 5.74) is 1.52. The fraction of sp³-hybridized carbons (Fsp3) is 0.478. The van der Waals surface area contributed by atoms with Gasteiger partial charge in [-0.25, -0.2) is 0 Å². The van der Waals surface area contributed by atoms with Crippen molar-refractivity contribution in [3.63, 3.8) is 0 Å². The smallest absolute Gasteiger partial charge is 0.314 e. The fourth-order valence-corrected chi connectivity index (χ4v) is 5.04. The van der Waals surface area contributed by atoms with Gasteiger partial charge in [0.1, 0.15) is 0 Å². The number of nitro benzene ring substituents is 1. The van der Waals surface area contributed by atoms with Crippen LogP contribution >= 0.6 is 0 Å². The predicted molar refractivity (Wildman–Crippen MR) is 116 cm³/mol. The molecule has 0 saturated carbocycles. The number of likely N-dealkylation sites (tertiary alicyclic amines) is 1. The van der Waals surface area contributed by atoms with Crippen LogP contribution in [0.1, 0.15) is 50.0 Å². The third-order valence-electron chi connectivity index (χ3n) is 6.57. The molecule has 2 atom stereocenters. The number of phenols is 1. The maximum Gasteiger partial charge on any atom is 0.314 e. The molecule has 2 aliphatic heterocycles. The number of allylic oxidation sites excluding steroid dienone is 2. The molecule has 1 fully saturated rings. The van der Waals surface area contributed by atoms with Gasteiger partial charge in [-0.3, -0.25) is 19.7 Å². The number of methoxy groups -OCH3 is 1. The summed E-state index contributed by atoms with van der Waals surface area (Å²) in [4.78, 5) is 39.4. The largest absolute Gasteiger partial charge is 0.500 e. The number of nitro groups is 1. The van der Waals surface area contributed by atoms with Gasteiger partial charge in [-0.1, -0.05) is 6.58 Å². The van der Waals surface area contributed by atoms with Crippen molar-refractivity contribution in [2.45, 2.75) is 44.4 Å². The van der Waals surface area contributed by atoms with Crippen molar-refractivity contribution >= 4 is 17.4 Å². The molecule has 1 aromatic carbocycles. The molecule has 1 aromatic rings. The summed E-state index contributed by atoms with van der Waals surface area (Å²) < 4.78 is 5.18. The average Bonchev–Trinajstić information content (AvgIpc) is 2.78. The van der Waals surface area contributed by atoms with Crippen molar-refractivity contribution in [2.24, 2.45) is 5.92 Å². The number of benzene rings is 1. The average molecular weight is 441 g/mol. The molecule has 0 spiro atoms. The van der Waals surface area contributed by atoms with E-state index in [2.05, 4.69) is 11.9 Å². The van der Waals surface area contributed by atoms with Crippen LogP contribution < -0.4 is 10.1 Å². The Labute approximate surface area is 185 Å². The Kier molecular flexibility index (Phi) is 5.90. The van der Waals surface area contributed by atoms with Crippen molar-refractivity contribution in [1.82, 2.24) is 10.2 Å². The lowest BCUT2D eigenvalue weighted by atomic mass is 9.71. The number of carbonyl (C=O) groups is 2. The van der Waals surface area contributed by atoms with Gasteiger partial charge in [0.15, 0.2) is 11.5 Å². The van der Waals surface area contributed by atoms with Crippen LogP contribution in [0.25, 0.3) is 0 Å². The molecule has 2 unspecified atom stereocenters. The molecule has 170 valence electrons. The molecule has 32 heavy (non-hydrogen) atoms. The number of amides is 1. The first-order valence-corrected chi connectivity index (χ1v) is 10.9. The lowest BCUT2D eigenvalue weighted by Crippen LogP contribution is -2.47. The molecule has 2 N–H and O–H groups in total. The van der Waals surface area contributed by atoms with Crippen molar-refractivity contribution < 1.29 is 24.4 Å². The number of nitrogens with zero attached hydrogens (tertiary/aromatic N) is 2. The number of aromatic hydroxyl groups is 1. The van der Waals surface area contributed by atoms with E-state index in [9.17, 15) is 24.8 Å². The SMILES string of the molecule is C=C1NC2=C(C(=O)CCC2)C(c2cc(OC)c(O)c([N+](=O)[O-])c2)C1C(=O)N1CCCCC1. The highest BCUT2D eigenvalue weighted by Crippen LogP contribution is 2.48. The number of ketones is 1. The van der Waals surface area contributed by atoms with E-state index in [0.717, 1.165) is 19.3 Å². The molecule has 0 aromatic heterocycles. The van der Waals surface area contributed by atoms with Gasteiger partial charge in [0.05, 0.1) is 18.0 Å². The quantitative estimate of drug-likeness (QED) is 0.544. The minimum Gasteiger partial charge on any atom is -0.500 e. The Balaban J connectivity index is 1.89. The second kappa shape index (κ2) is 8.64. The zero-order chi connectivity index (χ0) is 23.0. The lowest BCUT2D eigenvalue weighted by molar-refractivity contribution is -0.386. The molecule has 0 bridgehead atoms. The Hall–Kier alpha value is -3.36. The fourth-order valence-electron chi connectivity index (χ4n) is 5.04. The second-order valence-electron chi connectivity index (χ2n) is 8.51. The normalized spacial score (nSPS) is 23.5. The van der Waals surface area contributed by atoms with Gasteiger partial charge in [0.25, 0.3) is 0 Å². The highest BCUT2D eigenvalue weighted by atomic mass is 16.6. The van der Waals surface area contributed by atoms with Crippen LogP contribution in [0.2, 0.25) is 0 Å². The third kappa shape index (κ3) is 3.72. The van der Waals surface area contributed by atoms with Gasteiger partial charge < -0.3 is 20.1 Å². The van der Waals surface area contributed by atoms with E-state index in [1.54, 1.807) is 4.90 Å². The number of nitrogens with one attached hydrogen (secondary N) is 1. The maximum atomic E-state index is 13.6. The van der Waals surface area contributed by atoms with Crippen LogP contribution in [-0.2, 0) is 9.59 Å². The van der Waals surface area contributed by atoms with E-state index >= 15 is 0 Å². The Bertz CT molecular complexity index is 1020. The Morgan fingerprint density at radius 1 is 1.25 bits per heavy atom. The summed E-state index contributed by atoms with van der Waals surface area (Å²) in [6.07, 6.45) is 4.56. The lowest BCUT2D eigenvalue weighted by Gasteiger charge is -2.41.